The number of unbranched alkanes of at least 4 members (excludes halogenated alkanes) is 14. The van der Waals surface area contributed by atoms with E-state index in [-0.39, 0.29) is 12.5 Å². The molecule has 0 aliphatic heterocycles. The lowest BCUT2D eigenvalue weighted by Crippen LogP contribution is -2.45. The molecular formula is C24H49NO3. The van der Waals surface area contributed by atoms with Crippen LogP contribution >= 0.6 is 0 Å². The summed E-state index contributed by atoms with van der Waals surface area (Å²) in [5.74, 6) is -0.0417. The molecule has 0 rings (SSSR count). The van der Waals surface area contributed by atoms with E-state index in [4.69, 9.17) is 0 Å². The molecule has 2 atom stereocenters. The SMILES string of the molecule is CCCCCCCCCCC(=O)NC(CO)C(O)CCCCCCCCCC. The van der Waals surface area contributed by atoms with Crippen molar-refractivity contribution in [2.45, 2.75) is 142 Å². The molecule has 1 amide bonds. The molecule has 0 fully saturated rings. The van der Waals surface area contributed by atoms with E-state index in [1.54, 1.807) is 0 Å². The van der Waals surface area contributed by atoms with Crippen molar-refractivity contribution < 1.29 is 15.0 Å². The third-order valence-corrected chi connectivity index (χ3v) is 5.62. The van der Waals surface area contributed by atoms with Crippen LogP contribution in [0.25, 0.3) is 0 Å². The van der Waals surface area contributed by atoms with Gasteiger partial charge in [-0.25, -0.2) is 0 Å². The number of nitrogens with one attached hydrogen (secondary N) is 1. The highest BCUT2D eigenvalue weighted by molar-refractivity contribution is 5.76. The molecule has 0 aliphatic carbocycles. The van der Waals surface area contributed by atoms with Crippen LogP contribution in [0, 0.1) is 0 Å². The number of rotatable bonds is 21. The second kappa shape index (κ2) is 21.1. The highest BCUT2D eigenvalue weighted by atomic mass is 16.3. The minimum absolute atomic E-state index is 0.0417. The van der Waals surface area contributed by atoms with Gasteiger partial charge in [0.2, 0.25) is 5.91 Å². The van der Waals surface area contributed by atoms with Gasteiger partial charge in [0.15, 0.2) is 0 Å². The van der Waals surface area contributed by atoms with Gasteiger partial charge < -0.3 is 15.5 Å². The summed E-state index contributed by atoms with van der Waals surface area (Å²) in [5, 5.41) is 22.6. The molecule has 28 heavy (non-hydrogen) atoms. The van der Waals surface area contributed by atoms with Crippen molar-refractivity contribution in [3.8, 4) is 0 Å². The van der Waals surface area contributed by atoms with Gasteiger partial charge in [-0.1, -0.05) is 110 Å². The average molecular weight is 400 g/mol. The van der Waals surface area contributed by atoms with Gasteiger partial charge in [-0.2, -0.15) is 0 Å². The van der Waals surface area contributed by atoms with Gasteiger partial charge in [0.05, 0.1) is 18.8 Å². The molecule has 4 nitrogen and oxygen atoms in total. The summed E-state index contributed by atoms with van der Waals surface area (Å²) < 4.78 is 0. The fourth-order valence-electron chi connectivity index (χ4n) is 3.65. The lowest BCUT2D eigenvalue weighted by molar-refractivity contribution is -0.123. The van der Waals surface area contributed by atoms with E-state index in [0.29, 0.717) is 12.8 Å². The van der Waals surface area contributed by atoms with Crippen LogP contribution in [0.1, 0.15) is 129 Å². The normalized spacial score (nSPS) is 13.4. The van der Waals surface area contributed by atoms with Crippen LogP contribution in [0.4, 0.5) is 0 Å². The van der Waals surface area contributed by atoms with Crippen LogP contribution < -0.4 is 5.32 Å². The molecule has 0 aromatic carbocycles. The number of amides is 1. The third kappa shape index (κ3) is 17.5. The Labute approximate surface area is 174 Å². The first-order chi connectivity index (χ1) is 13.7. The lowest BCUT2D eigenvalue weighted by atomic mass is 10.0. The lowest BCUT2D eigenvalue weighted by Gasteiger charge is -2.22. The molecule has 0 aromatic rings. The number of aliphatic hydroxyl groups is 2. The van der Waals surface area contributed by atoms with Crippen LogP contribution in [0.3, 0.4) is 0 Å². The molecule has 4 heteroatoms. The number of hydrogen-bond donors (Lipinski definition) is 3. The number of hydrogen-bond acceptors (Lipinski definition) is 3. The van der Waals surface area contributed by atoms with Crippen molar-refractivity contribution in [3.63, 3.8) is 0 Å². The molecule has 0 aromatic heterocycles. The van der Waals surface area contributed by atoms with E-state index in [0.717, 1.165) is 25.7 Å². The molecule has 0 bridgehead atoms. The first-order valence-electron chi connectivity index (χ1n) is 12.2. The summed E-state index contributed by atoms with van der Waals surface area (Å²) in [4.78, 5) is 12.1. The molecule has 0 aliphatic rings. The first kappa shape index (κ1) is 27.4. The maximum atomic E-state index is 12.1. The average Bonchev–Trinajstić information content (AvgIpc) is 2.70. The molecular weight excluding hydrogens is 350 g/mol. The van der Waals surface area contributed by atoms with Crippen LogP contribution in [0.5, 0.6) is 0 Å². The molecule has 0 radical (unpaired) electrons. The second-order valence-corrected chi connectivity index (χ2v) is 8.41. The summed E-state index contributed by atoms with van der Waals surface area (Å²) in [7, 11) is 0. The molecule has 0 heterocycles. The Morgan fingerprint density at radius 3 is 1.61 bits per heavy atom. The molecule has 0 saturated carbocycles. The van der Waals surface area contributed by atoms with Crippen LogP contribution in [0.15, 0.2) is 0 Å². The predicted octanol–water partition coefficient (Wildman–Crippen LogP) is 5.89. The van der Waals surface area contributed by atoms with E-state index < -0.39 is 12.1 Å². The molecule has 0 saturated heterocycles. The van der Waals surface area contributed by atoms with Crippen LogP contribution in [-0.4, -0.2) is 34.9 Å². The Morgan fingerprint density at radius 2 is 1.14 bits per heavy atom. The van der Waals surface area contributed by atoms with Gasteiger partial charge in [0, 0.05) is 6.42 Å². The summed E-state index contributed by atoms with van der Waals surface area (Å²) >= 11 is 0. The van der Waals surface area contributed by atoms with E-state index in [2.05, 4.69) is 19.2 Å². The van der Waals surface area contributed by atoms with E-state index >= 15 is 0 Å². The molecule has 0 spiro atoms. The predicted molar refractivity (Wildman–Crippen MR) is 119 cm³/mol. The van der Waals surface area contributed by atoms with Gasteiger partial charge in [0.1, 0.15) is 0 Å². The smallest absolute Gasteiger partial charge is 0.220 e. The quantitative estimate of drug-likeness (QED) is 0.211. The summed E-state index contributed by atoms with van der Waals surface area (Å²) in [6.07, 6.45) is 20.0. The van der Waals surface area contributed by atoms with Gasteiger partial charge >= 0.3 is 0 Å². The fourth-order valence-corrected chi connectivity index (χ4v) is 3.65. The highest BCUT2D eigenvalue weighted by Crippen LogP contribution is 2.13. The van der Waals surface area contributed by atoms with E-state index in [1.165, 1.54) is 77.0 Å². The Bertz CT molecular complexity index is 336. The van der Waals surface area contributed by atoms with Gasteiger partial charge in [0.25, 0.3) is 0 Å². The number of aliphatic hydroxyl groups excluding tert-OH is 2. The summed E-state index contributed by atoms with van der Waals surface area (Å²) in [6.45, 7) is 4.26. The molecule has 2 unspecified atom stereocenters. The zero-order chi connectivity index (χ0) is 20.9. The maximum absolute atomic E-state index is 12.1. The monoisotopic (exact) mass is 399 g/mol. The highest BCUT2D eigenvalue weighted by Gasteiger charge is 2.19. The van der Waals surface area contributed by atoms with Crippen LogP contribution in [-0.2, 0) is 4.79 Å². The van der Waals surface area contributed by atoms with Gasteiger partial charge in [-0.3, -0.25) is 4.79 Å². The topological polar surface area (TPSA) is 69.6 Å². The maximum Gasteiger partial charge on any atom is 0.220 e. The van der Waals surface area contributed by atoms with Crippen molar-refractivity contribution in [1.29, 1.82) is 0 Å². The Balaban J connectivity index is 3.68. The minimum atomic E-state index is -0.646. The second-order valence-electron chi connectivity index (χ2n) is 8.41. The first-order valence-corrected chi connectivity index (χ1v) is 12.2. The van der Waals surface area contributed by atoms with Gasteiger partial charge in [-0.15, -0.1) is 0 Å². The van der Waals surface area contributed by atoms with Crippen molar-refractivity contribution in [2.24, 2.45) is 0 Å². The Kier molecular flexibility index (Phi) is 20.6. The zero-order valence-electron chi connectivity index (χ0n) is 18.9. The zero-order valence-corrected chi connectivity index (χ0v) is 18.9. The molecule has 168 valence electrons. The van der Waals surface area contributed by atoms with Crippen molar-refractivity contribution in [1.82, 2.24) is 5.32 Å². The summed E-state index contributed by atoms with van der Waals surface area (Å²) in [5.41, 5.74) is 0. The van der Waals surface area contributed by atoms with Crippen molar-refractivity contribution in [3.05, 3.63) is 0 Å². The number of carbonyl (C=O) groups is 1. The Hall–Kier alpha value is -0.610. The van der Waals surface area contributed by atoms with E-state index in [9.17, 15) is 15.0 Å². The summed E-state index contributed by atoms with van der Waals surface area (Å²) in [6, 6.07) is -0.522. The van der Waals surface area contributed by atoms with Crippen molar-refractivity contribution in [2.75, 3.05) is 6.61 Å². The standard InChI is InChI=1S/C24H49NO3/c1-3-5-7-9-11-13-15-17-19-23(27)22(21-26)25-24(28)20-18-16-14-12-10-8-6-4-2/h22-23,26-27H,3-21H2,1-2H3,(H,25,28). The fraction of sp³-hybridized carbons (Fsp3) is 0.958. The third-order valence-electron chi connectivity index (χ3n) is 5.62. The van der Waals surface area contributed by atoms with Gasteiger partial charge in [-0.05, 0) is 12.8 Å². The molecule has 3 N–H and O–H groups in total. The van der Waals surface area contributed by atoms with Crippen LogP contribution in [0.2, 0.25) is 0 Å². The van der Waals surface area contributed by atoms with Crippen molar-refractivity contribution >= 4 is 5.91 Å². The minimum Gasteiger partial charge on any atom is -0.394 e. The van der Waals surface area contributed by atoms with E-state index in [1.807, 2.05) is 0 Å². The largest absolute Gasteiger partial charge is 0.394 e. The number of carbonyl (C=O) groups excluding carboxylic acids is 1. The Morgan fingerprint density at radius 1 is 0.714 bits per heavy atom.